The lowest BCUT2D eigenvalue weighted by atomic mass is 10.0. The number of nitrogens with zero attached hydrogens (tertiary/aromatic N) is 3. The third-order valence-electron chi connectivity index (χ3n) is 3.53. The molecule has 3 aromatic rings. The van der Waals surface area contributed by atoms with Crippen molar-refractivity contribution in [1.29, 1.82) is 0 Å². The van der Waals surface area contributed by atoms with Gasteiger partial charge in [0.15, 0.2) is 0 Å². The highest BCUT2D eigenvalue weighted by Gasteiger charge is 2.07. The van der Waals surface area contributed by atoms with Crippen molar-refractivity contribution in [2.75, 3.05) is 6.61 Å². The van der Waals surface area contributed by atoms with Crippen molar-refractivity contribution in [3.8, 4) is 5.75 Å². The minimum Gasteiger partial charge on any atom is -0.493 e. The van der Waals surface area contributed by atoms with Gasteiger partial charge in [0.05, 0.1) is 12.8 Å². The standard InChI is InChI=1S/C17H18N4OS/c1-2-3-10-22-16-9-8-13-6-4-5-7-14(13)15(16)11-19-21-12-18-20-17(21)23/h4-9,11-12H,2-3,10H2,1H3,(H,20,23)/b19-11+. The minimum absolute atomic E-state index is 0.454. The van der Waals surface area contributed by atoms with Gasteiger partial charge in [-0.05, 0) is 35.5 Å². The Labute approximate surface area is 139 Å². The van der Waals surface area contributed by atoms with E-state index in [2.05, 4.69) is 40.4 Å². The Morgan fingerprint density at radius 3 is 2.96 bits per heavy atom. The molecule has 0 bridgehead atoms. The minimum atomic E-state index is 0.454. The van der Waals surface area contributed by atoms with Crippen LogP contribution in [0.2, 0.25) is 0 Å². The van der Waals surface area contributed by atoms with Gasteiger partial charge in [-0.2, -0.15) is 14.9 Å². The van der Waals surface area contributed by atoms with Gasteiger partial charge in [0.2, 0.25) is 4.77 Å². The summed E-state index contributed by atoms with van der Waals surface area (Å²) in [4.78, 5) is 0. The van der Waals surface area contributed by atoms with Crippen molar-refractivity contribution in [2.45, 2.75) is 19.8 Å². The Kier molecular flexibility index (Phi) is 4.83. The largest absolute Gasteiger partial charge is 0.493 e. The van der Waals surface area contributed by atoms with Crippen LogP contribution in [0.25, 0.3) is 10.8 Å². The van der Waals surface area contributed by atoms with E-state index < -0.39 is 0 Å². The third-order valence-corrected chi connectivity index (χ3v) is 3.81. The molecule has 1 heterocycles. The summed E-state index contributed by atoms with van der Waals surface area (Å²) in [6.45, 7) is 2.84. The average Bonchev–Trinajstić information content (AvgIpc) is 2.99. The predicted molar refractivity (Wildman–Crippen MR) is 94.8 cm³/mol. The Hall–Kier alpha value is -2.47. The lowest BCUT2D eigenvalue weighted by Crippen LogP contribution is -2.01. The van der Waals surface area contributed by atoms with Gasteiger partial charge >= 0.3 is 0 Å². The molecular weight excluding hydrogens is 308 g/mol. The number of aromatic amines is 1. The van der Waals surface area contributed by atoms with Gasteiger partial charge in [-0.15, -0.1) is 0 Å². The molecule has 6 heteroatoms. The van der Waals surface area contributed by atoms with E-state index in [1.807, 2.05) is 18.2 Å². The number of rotatable bonds is 6. The number of aromatic nitrogens is 3. The number of unbranched alkanes of at least 4 members (excludes halogenated alkanes) is 1. The van der Waals surface area contributed by atoms with Crippen LogP contribution in [0, 0.1) is 4.77 Å². The van der Waals surface area contributed by atoms with E-state index in [0.717, 1.165) is 34.9 Å². The molecule has 118 valence electrons. The molecule has 0 saturated carbocycles. The molecule has 0 fully saturated rings. The van der Waals surface area contributed by atoms with Crippen LogP contribution in [0.15, 0.2) is 47.8 Å². The van der Waals surface area contributed by atoms with Crippen LogP contribution in [-0.2, 0) is 0 Å². The molecular formula is C17H18N4OS. The van der Waals surface area contributed by atoms with Gasteiger partial charge < -0.3 is 4.74 Å². The van der Waals surface area contributed by atoms with Crippen molar-refractivity contribution < 1.29 is 4.74 Å². The highest BCUT2D eigenvalue weighted by atomic mass is 32.1. The second-order valence-electron chi connectivity index (χ2n) is 5.15. The quantitative estimate of drug-likeness (QED) is 0.420. The van der Waals surface area contributed by atoms with E-state index in [1.54, 1.807) is 12.5 Å². The number of nitrogens with one attached hydrogen (secondary N) is 1. The van der Waals surface area contributed by atoms with Crippen LogP contribution >= 0.6 is 12.2 Å². The van der Waals surface area contributed by atoms with Gasteiger partial charge in [0.25, 0.3) is 0 Å². The first kappa shape index (κ1) is 15.4. The van der Waals surface area contributed by atoms with E-state index >= 15 is 0 Å². The number of benzene rings is 2. The number of hydrogen-bond acceptors (Lipinski definition) is 4. The first-order valence-corrected chi connectivity index (χ1v) is 8.01. The predicted octanol–water partition coefficient (Wildman–Crippen LogP) is 4.15. The topological polar surface area (TPSA) is 55.2 Å². The van der Waals surface area contributed by atoms with Gasteiger partial charge in [-0.3, -0.25) is 5.10 Å². The first-order valence-electron chi connectivity index (χ1n) is 7.60. The fraction of sp³-hybridized carbons (Fsp3) is 0.235. The Morgan fingerprint density at radius 2 is 2.17 bits per heavy atom. The summed E-state index contributed by atoms with van der Waals surface area (Å²) in [6.07, 6.45) is 5.44. The van der Waals surface area contributed by atoms with Crippen molar-refractivity contribution in [3.63, 3.8) is 0 Å². The second-order valence-corrected chi connectivity index (χ2v) is 5.54. The van der Waals surface area contributed by atoms with Crippen molar-refractivity contribution in [3.05, 3.63) is 53.1 Å². The third kappa shape index (κ3) is 3.48. The van der Waals surface area contributed by atoms with E-state index in [1.165, 1.54) is 4.68 Å². The molecule has 0 aliphatic carbocycles. The summed E-state index contributed by atoms with van der Waals surface area (Å²) >= 11 is 5.12. The lowest BCUT2D eigenvalue weighted by Gasteiger charge is -2.11. The molecule has 23 heavy (non-hydrogen) atoms. The maximum absolute atomic E-state index is 5.94. The van der Waals surface area contributed by atoms with Crippen LogP contribution in [0.4, 0.5) is 0 Å². The van der Waals surface area contributed by atoms with Crippen molar-refractivity contribution >= 4 is 29.2 Å². The zero-order chi connectivity index (χ0) is 16.1. The monoisotopic (exact) mass is 326 g/mol. The summed E-state index contributed by atoms with van der Waals surface area (Å²) < 4.78 is 7.91. The normalized spacial score (nSPS) is 11.3. The maximum Gasteiger partial charge on any atom is 0.216 e. The molecule has 0 aliphatic rings. The van der Waals surface area contributed by atoms with Crippen LogP contribution in [0.1, 0.15) is 25.3 Å². The fourth-order valence-electron chi connectivity index (χ4n) is 2.31. The van der Waals surface area contributed by atoms with Crippen molar-refractivity contribution in [2.24, 2.45) is 5.10 Å². The van der Waals surface area contributed by atoms with E-state index in [4.69, 9.17) is 17.0 Å². The van der Waals surface area contributed by atoms with E-state index in [-0.39, 0.29) is 0 Å². The fourth-order valence-corrected chi connectivity index (χ4v) is 2.45. The Bertz CT molecular complexity index is 881. The van der Waals surface area contributed by atoms with Crippen LogP contribution in [-0.4, -0.2) is 27.7 Å². The summed E-state index contributed by atoms with van der Waals surface area (Å²) in [6, 6.07) is 12.2. The summed E-state index contributed by atoms with van der Waals surface area (Å²) in [5.41, 5.74) is 0.947. The molecule has 0 aliphatic heterocycles. The van der Waals surface area contributed by atoms with Crippen LogP contribution < -0.4 is 4.74 Å². The van der Waals surface area contributed by atoms with Gasteiger partial charge in [0.1, 0.15) is 12.1 Å². The van der Waals surface area contributed by atoms with Crippen molar-refractivity contribution in [1.82, 2.24) is 14.9 Å². The molecule has 2 aromatic carbocycles. The van der Waals surface area contributed by atoms with E-state index in [0.29, 0.717) is 11.4 Å². The summed E-state index contributed by atoms with van der Waals surface area (Å²) in [5.74, 6) is 0.830. The number of hydrogen-bond donors (Lipinski definition) is 1. The SMILES string of the molecule is CCCCOc1ccc2ccccc2c1/C=N/n1cn[nH]c1=S. The van der Waals surface area contributed by atoms with Gasteiger partial charge in [-0.25, -0.2) is 0 Å². The highest BCUT2D eigenvalue weighted by molar-refractivity contribution is 7.71. The van der Waals surface area contributed by atoms with Gasteiger partial charge in [-0.1, -0.05) is 43.7 Å². The molecule has 0 radical (unpaired) electrons. The number of ether oxygens (including phenoxy) is 1. The molecule has 1 N–H and O–H groups in total. The second kappa shape index (κ2) is 7.19. The molecule has 0 atom stereocenters. The molecule has 3 rings (SSSR count). The molecule has 0 unspecified atom stereocenters. The molecule has 5 nitrogen and oxygen atoms in total. The summed E-state index contributed by atoms with van der Waals surface area (Å²) in [5, 5.41) is 13.2. The zero-order valence-corrected chi connectivity index (χ0v) is 13.7. The smallest absolute Gasteiger partial charge is 0.216 e. The first-order chi connectivity index (χ1) is 11.3. The lowest BCUT2D eigenvalue weighted by molar-refractivity contribution is 0.309. The highest BCUT2D eigenvalue weighted by Crippen LogP contribution is 2.27. The zero-order valence-electron chi connectivity index (χ0n) is 12.9. The molecule has 0 amide bonds. The van der Waals surface area contributed by atoms with Crippen LogP contribution in [0.3, 0.4) is 0 Å². The summed E-state index contributed by atoms with van der Waals surface area (Å²) in [7, 11) is 0. The molecule has 0 spiro atoms. The van der Waals surface area contributed by atoms with Crippen LogP contribution in [0.5, 0.6) is 5.75 Å². The Balaban J connectivity index is 2.03. The molecule has 1 aromatic heterocycles. The molecule has 0 saturated heterocycles. The van der Waals surface area contributed by atoms with Gasteiger partial charge in [0, 0.05) is 5.56 Å². The van der Waals surface area contributed by atoms with E-state index in [9.17, 15) is 0 Å². The average molecular weight is 326 g/mol. The number of fused-ring (bicyclic) bond motifs is 1. The maximum atomic E-state index is 5.94. The number of H-pyrrole nitrogens is 1. The Morgan fingerprint density at radius 1 is 1.30 bits per heavy atom.